The van der Waals surface area contributed by atoms with Crippen molar-refractivity contribution >= 4 is 5.91 Å². The van der Waals surface area contributed by atoms with Crippen LogP contribution < -0.4 is 10.6 Å². The lowest BCUT2D eigenvalue weighted by molar-refractivity contribution is -0.124. The first-order valence-electron chi connectivity index (χ1n) is 6.67. The van der Waals surface area contributed by atoms with E-state index in [0.717, 1.165) is 19.4 Å². The second-order valence-electron chi connectivity index (χ2n) is 5.17. The largest absolute Gasteiger partial charge is 0.353 e. The first kappa shape index (κ1) is 13.5. The van der Waals surface area contributed by atoms with Crippen molar-refractivity contribution < 1.29 is 4.79 Å². The van der Waals surface area contributed by atoms with Crippen molar-refractivity contribution in [2.75, 3.05) is 6.54 Å². The van der Waals surface area contributed by atoms with Gasteiger partial charge in [0.05, 0.1) is 0 Å². The Hall–Kier alpha value is -0.570. The van der Waals surface area contributed by atoms with E-state index in [0.29, 0.717) is 12.1 Å². The van der Waals surface area contributed by atoms with Crippen molar-refractivity contribution in [3.05, 3.63) is 0 Å². The summed E-state index contributed by atoms with van der Waals surface area (Å²) in [6.07, 6.45) is 5.84. The zero-order chi connectivity index (χ0) is 12.0. The Morgan fingerprint density at radius 3 is 2.25 bits per heavy atom. The van der Waals surface area contributed by atoms with Gasteiger partial charge >= 0.3 is 0 Å². The molecule has 3 nitrogen and oxygen atoms in total. The molecule has 1 fully saturated rings. The molecule has 1 aliphatic carbocycles. The van der Waals surface area contributed by atoms with E-state index in [1.54, 1.807) is 0 Å². The summed E-state index contributed by atoms with van der Waals surface area (Å²) in [6, 6.07) is 1.08. The monoisotopic (exact) mass is 226 g/mol. The highest BCUT2D eigenvalue weighted by molar-refractivity contribution is 5.78. The van der Waals surface area contributed by atoms with Crippen LogP contribution in [0.25, 0.3) is 0 Å². The van der Waals surface area contributed by atoms with Gasteiger partial charge in [0.1, 0.15) is 0 Å². The molecular weight excluding hydrogens is 200 g/mol. The summed E-state index contributed by atoms with van der Waals surface area (Å²) in [7, 11) is 0. The van der Waals surface area contributed by atoms with Crippen LogP contribution in [0.15, 0.2) is 0 Å². The molecule has 1 amide bonds. The van der Waals surface area contributed by atoms with Crippen LogP contribution in [0.5, 0.6) is 0 Å². The molecule has 0 bridgehead atoms. The Morgan fingerprint density at radius 1 is 1.19 bits per heavy atom. The second-order valence-corrected chi connectivity index (χ2v) is 5.17. The number of nitrogens with one attached hydrogen (secondary N) is 2. The lowest BCUT2D eigenvalue weighted by Gasteiger charge is -2.30. The van der Waals surface area contributed by atoms with Gasteiger partial charge in [-0.3, -0.25) is 4.79 Å². The first-order valence-corrected chi connectivity index (χ1v) is 6.67. The maximum atomic E-state index is 11.5. The van der Waals surface area contributed by atoms with Crippen molar-refractivity contribution in [1.29, 1.82) is 0 Å². The molecule has 0 radical (unpaired) electrons. The third-order valence-electron chi connectivity index (χ3n) is 3.28. The highest BCUT2D eigenvalue weighted by atomic mass is 16.1. The summed E-state index contributed by atoms with van der Waals surface area (Å²) in [5.74, 6) is 0.306. The number of hydrogen-bond donors (Lipinski definition) is 2. The zero-order valence-electron chi connectivity index (χ0n) is 10.9. The minimum absolute atomic E-state index is 0.107. The fourth-order valence-corrected chi connectivity index (χ4v) is 2.16. The highest BCUT2D eigenvalue weighted by Gasteiger charge is 2.22. The smallest absolute Gasteiger partial charge is 0.222 e. The molecule has 0 aromatic heterocycles. The van der Waals surface area contributed by atoms with E-state index >= 15 is 0 Å². The van der Waals surface area contributed by atoms with Gasteiger partial charge < -0.3 is 10.6 Å². The van der Waals surface area contributed by atoms with E-state index < -0.39 is 0 Å². The Bertz CT molecular complexity index is 208. The lowest BCUT2D eigenvalue weighted by Crippen LogP contribution is -2.43. The SMILES string of the molecule is CCCNC1CCC(NC(=O)C(C)C)CC1. The van der Waals surface area contributed by atoms with E-state index in [1.807, 2.05) is 13.8 Å². The molecule has 16 heavy (non-hydrogen) atoms. The van der Waals surface area contributed by atoms with Crippen LogP contribution in [0.3, 0.4) is 0 Å². The molecule has 2 N–H and O–H groups in total. The Kier molecular flexibility index (Phi) is 5.81. The summed E-state index contributed by atoms with van der Waals surface area (Å²) in [5.41, 5.74) is 0. The normalized spacial score (nSPS) is 25.8. The van der Waals surface area contributed by atoms with Crippen LogP contribution in [0, 0.1) is 5.92 Å². The summed E-state index contributed by atoms with van der Waals surface area (Å²) in [6.45, 7) is 7.21. The topological polar surface area (TPSA) is 41.1 Å². The maximum Gasteiger partial charge on any atom is 0.222 e. The first-order chi connectivity index (χ1) is 7.63. The van der Waals surface area contributed by atoms with Crippen LogP contribution in [-0.4, -0.2) is 24.5 Å². The van der Waals surface area contributed by atoms with Gasteiger partial charge in [-0.2, -0.15) is 0 Å². The van der Waals surface area contributed by atoms with Gasteiger partial charge in [0.2, 0.25) is 5.91 Å². The highest BCUT2D eigenvalue weighted by Crippen LogP contribution is 2.18. The van der Waals surface area contributed by atoms with Crippen molar-refractivity contribution in [2.24, 2.45) is 5.92 Å². The van der Waals surface area contributed by atoms with E-state index in [9.17, 15) is 4.79 Å². The fourth-order valence-electron chi connectivity index (χ4n) is 2.16. The van der Waals surface area contributed by atoms with Crippen LogP contribution >= 0.6 is 0 Å². The van der Waals surface area contributed by atoms with E-state index in [4.69, 9.17) is 0 Å². The average Bonchev–Trinajstić information content (AvgIpc) is 2.28. The molecule has 0 aromatic rings. The molecule has 0 aliphatic heterocycles. The Balaban J connectivity index is 2.19. The van der Waals surface area contributed by atoms with Crippen LogP contribution in [0.4, 0.5) is 0 Å². The Morgan fingerprint density at radius 2 is 1.75 bits per heavy atom. The summed E-state index contributed by atoms with van der Waals surface area (Å²) < 4.78 is 0. The molecule has 0 aromatic carbocycles. The molecule has 1 aliphatic rings. The molecule has 3 heteroatoms. The molecule has 1 saturated carbocycles. The fraction of sp³-hybridized carbons (Fsp3) is 0.923. The van der Waals surface area contributed by atoms with E-state index in [-0.39, 0.29) is 11.8 Å². The van der Waals surface area contributed by atoms with Crippen molar-refractivity contribution in [1.82, 2.24) is 10.6 Å². The van der Waals surface area contributed by atoms with Gasteiger partial charge in [-0.15, -0.1) is 0 Å². The van der Waals surface area contributed by atoms with Gasteiger partial charge in [0, 0.05) is 18.0 Å². The third-order valence-corrected chi connectivity index (χ3v) is 3.28. The van der Waals surface area contributed by atoms with Crippen LogP contribution in [0.1, 0.15) is 52.9 Å². The van der Waals surface area contributed by atoms with Crippen LogP contribution in [-0.2, 0) is 4.79 Å². The van der Waals surface area contributed by atoms with Crippen molar-refractivity contribution in [3.8, 4) is 0 Å². The molecular formula is C13H26N2O. The van der Waals surface area contributed by atoms with E-state index in [1.165, 1.54) is 19.3 Å². The summed E-state index contributed by atoms with van der Waals surface area (Å²) >= 11 is 0. The predicted octanol–water partition coefficient (Wildman–Crippen LogP) is 2.07. The van der Waals surface area contributed by atoms with Crippen molar-refractivity contribution in [2.45, 2.75) is 65.0 Å². The minimum Gasteiger partial charge on any atom is -0.353 e. The molecule has 94 valence electrons. The molecule has 0 spiro atoms. The predicted molar refractivity (Wildman–Crippen MR) is 67.3 cm³/mol. The molecule has 0 unspecified atom stereocenters. The number of rotatable bonds is 5. The average molecular weight is 226 g/mol. The molecule has 0 atom stereocenters. The van der Waals surface area contributed by atoms with Gasteiger partial charge in [0.25, 0.3) is 0 Å². The summed E-state index contributed by atoms with van der Waals surface area (Å²) in [4.78, 5) is 11.5. The quantitative estimate of drug-likeness (QED) is 0.753. The van der Waals surface area contributed by atoms with Gasteiger partial charge in [-0.25, -0.2) is 0 Å². The number of carbonyl (C=O) groups is 1. The maximum absolute atomic E-state index is 11.5. The molecule has 1 rings (SSSR count). The van der Waals surface area contributed by atoms with Gasteiger partial charge in [-0.1, -0.05) is 20.8 Å². The summed E-state index contributed by atoms with van der Waals surface area (Å²) in [5, 5.41) is 6.68. The number of hydrogen-bond acceptors (Lipinski definition) is 2. The minimum atomic E-state index is 0.107. The standard InChI is InChI=1S/C13H26N2O/c1-4-9-14-11-5-7-12(8-6-11)15-13(16)10(2)3/h10-12,14H,4-9H2,1-3H3,(H,15,16). The number of carbonyl (C=O) groups excluding carboxylic acids is 1. The second kappa shape index (κ2) is 6.89. The van der Waals surface area contributed by atoms with Crippen LogP contribution in [0.2, 0.25) is 0 Å². The lowest BCUT2D eigenvalue weighted by atomic mass is 9.91. The zero-order valence-corrected chi connectivity index (χ0v) is 10.9. The van der Waals surface area contributed by atoms with E-state index in [2.05, 4.69) is 17.6 Å². The third kappa shape index (κ3) is 4.52. The van der Waals surface area contributed by atoms with Gasteiger partial charge in [0.15, 0.2) is 0 Å². The molecule has 0 heterocycles. The molecule has 0 saturated heterocycles. The number of amides is 1. The van der Waals surface area contributed by atoms with Crippen molar-refractivity contribution in [3.63, 3.8) is 0 Å². The van der Waals surface area contributed by atoms with Gasteiger partial charge in [-0.05, 0) is 38.6 Å². The Labute approximate surface area is 99.4 Å².